The van der Waals surface area contributed by atoms with Crippen LogP contribution in [0.4, 0.5) is 5.69 Å². The largest absolute Gasteiger partial charge is 0.495 e. The van der Waals surface area contributed by atoms with E-state index in [4.69, 9.17) is 21.1 Å². The van der Waals surface area contributed by atoms with E-state index in [2.05, 4.69) is 25.2 Å². The zero-order valence-corrected chi connectivity index (χ0v) is 14.0. The lowest BCUT2D eigenvalue weighted by Crippen LogP contribution is -2.67. The highest BCUT2D eigenvalue weighted by Gasteiger charge is 2.58. The molecule has 1 aliphatic heterocycles. The SMILES string of the molecule is COc1cc(Cl)c(C)cc1NC1C2CCCOC2C1(C)C. The number of rotatable bonds is 3. The van der Waals surface area contributed by atoms with Crippen LogP contribution < -0.4 is 10.1 Å². The van der Waals surface area contributed by atoms with E-state index in [1.165, 1.54) is 6.42 Å². The average Bonchev–Trinajstić information content (AvgIpc) is 2.47. The molecule has 0 amide bonds. The van der Waals surface area contributed by atoms with Crippen LogP contribution in [0, 0.1) is 18.3 Å². The fourth-order valence-electron chi connectivity index (χ4n) is 3.93. The number of hydrogen-bond donors (Lipinski definition) is 1. The van der Waals surface area contributed by atoms with Crippen LogP contribution in [-0.4, -0.2) is 25.9 Å². The lowest BCUT2D eigenvalue weighted by atomic mass is 9.55. The highest BCUT2D eigenvalue weighted by atomic mass is 35.5. The molecule has 1 N–H and O–H groups in total. The quantitative estimate of drug-likeness (QED) is 0.904. The summed E-state index contributed by atoms with van der Waals surface area (Å²) in [7, 11) is 1.69. The number of halogens is 1. The molecule has 4 heteroatoms. The van der Waals surface area contributed by atoms with E-state index in [1.807, 2.05) is 13.0 Å². The second kappa shape index (κ2) is 5.36. The third-order valence-corrected chi connectivity index (χ3v) is 5.53. The molecule has 0 spiro atoms. The molecule has 3 nitrogen and oxygen atoms in total. The van der Waals surface area contributed by atoms with Crippen molar-refractivity contribution in [3.05, 3.63) is 22.7 Å². The van der Waals surface area contributed by atoms with Gasteiger partial charge >= 0.3 is 0 Å². The Bertz CT molecular complexity index is 544. The summed E-state index contributed by atoms with van der Waals surface area (Å²) >= 11 is 6.19. The van der Waals surface area contributed by atoms with Gasteiger partial charge in [-0.25, -0.2) is 0 Å². The van der Waals surface area contributed by atoms with Gasteiger partial charge in [-0.1, -0.05) is 25.4 Å². The molecule has 3 atom stereocenters. The monoisotopic (exact) mass is 309 g/mol. The van der Waals surface area contributed by atoms with Gasteiger partial charge in [0.05, 0.1) is 18.9 Å². The van der Waals surface area contributed by atoms with E-state index < -0.39 is 0 Å². The number of ether oxygens (including phenoxy) is 2. The van der Waals surface area contributed by atoms with Crippen molar-refractivity contribution in [1.29, 1.82) is 0 Å². The molecule has 1 heterocycles. The Balaban J connectivity index is 1.85. The summed E-state index contributed by atoms with van der Waals surface area (Å²) in [5.41, 5.74) is 2.24. The minimum Gasteiger partial charge on any atom is -0.495 e. The molecule has 3 unspecified atom stereocenters. The summed E-state index contributed by atoms with van der Waals surface area (Å²) in [6.45, 7) is 7.49. The fourth-order valence-corrected chi connectivity index (χ4v) is 4.08. The second-order valence-corrected chi connectivity index (χ2v) is 7.25. The van der Waals surface area contributed by atoms with E-state index in [-0.39, 0.29) is 5.41 Å². The highest BCUT2D eigenvalue weighted by Crippen LogP contribution is 2.53. The van der Waals surface area contributed by atoms with Crippen molar-refractivity contribution in [3.8, 4) is 5.75 Å². The van der Waals surface area contributed by atoms with Crippen molar-refractivity contribution in [2.75, 3.05) is 19.0 Å². The van der Waals surface area contributed by atoms with E-state index >= 15 is 0 Å². The molecule has 1 saturated heterocycles. The Morgan fingerprint density at radius 3 is 2.86 bits per heavy atom. The van der Waals surface area contributed by atoms with Gasteiger partial charge in [0.25, 0.3) is 0 Å². The Morgan fingerprint density at radius 1 is 1.38 bits per heavy atom. The van der Waals surface area contributed by atoms with Gasteiger partial charge in [-0.15, -0.1) is 0 Å². The summed E-state index contributed by atoms with van der Waals surface area (Å²) in [4.78, 5) is 0. The first-order chi connectivity index (χ1) is 9.95. The zero-order chi connectivity index (χ0) is 15.2. The predicted molar refractivity (Wildman–Crippen MR) is 86.4 cm³/mol. The predicted octanol–water partition coefficient (Wildman–Crippen LogP) is 4.27. The van der Waals surface area contributed by atoms with Crippen molar-refractivity contribution in [3.63, 3.8) is 0 Å². The molecule has 2 fully saturated rings. The number of methoxy groups -OCH3 is 1. The molecule has 1 aromatic rings. The first-order valence-corrected chi connectivity index (χ1v) is 8.05. The van der Waals surface area contributed by atoms with Crippen molar-refractivity contribution in [1.82, 2.24) is 0 Å². The van der Waals surface area contributed by atoms with Gasteiger partial charge in [0.15, 0.2) is 0 Å². The highest BCUT2D eigenvalue weighted by molar-refractivity contribution is 6.31. The third-order valence-electron chi connectivity index (χ3n) is 5.12. The van der Waals surface area contributed by atoms with Crippen LogP contribution in [0.15, 0.2) is 12.1 Å². The maximum Gasteiger partial charge on any atom is 0.143 e. The molecule has 1 saturated carbocycles. The van der Waals surface area contributed by atoms with Gasteiger partial charge in [0, 0.05) is 35.1 Å². The number of nitrogens with one attached hydrogen (secondary N) is 1. The first-order valence-electron chi connectivity index (χ1n) is 7.67. The van der Waals surface area contributed by atoms with Crippen LogP contribution in [-0.2, 0) is 4.74 Å². The summed E-state index contributed by atoms with van der Waals surface area (Å²) in [5, 5.41) is 4.43. The topological polar surface area (TPSA) is 30.5 Å². The molecule has 21 heavy (non-hydrogen) atoms. The Hall–Kier alpha value is -0.930. The molecular weight excluding hydrogens is 286 g/mol. The summed E-state index contributed by atoms with van der Waals surface area (Å²) in [6.07, 6.45) is 2.77. The minimum absolute atomic E-state index is 0.142. The molecule has 0 aromatic heterocycles. The van der Waals surface area contributed by atoms with E-state index in [9.17, 15) is 0 Å². The van der Waals surface area contributed by atoms with Crippen LogP contribution in [0.5, 0.6) is 5.75 Å². The van der Waals surface area contributed by atoms with Gasteiger partial charge in [-0.2, -0.15) is 0 Å². The molecule has 0 bridgehead atoms. The van der Waals surface area contributed by atoms with E-state index in [1.54, 1.807) is 7.11 Å². The maximum absolute atomic E-state index is 6.19. The number of fused-ring (bicyclic) bond motifs is 1. The maximum atomic E-state index is 6.19. The smallest absolute Gasteiger partial charge is 0.143 e. The summed E-state index contributed by atoms with van der Waals surface area (Å²) in [5.74, 6) is 1.40. The van der Waals surface area contributed by atoms with Crippen molar-refractivity contribution < 1.29 is 9.47 Å². The van der Waals surface area contributed by atoms with Crippen molar-refractivity contribution in [2.24, 2.45) is 11.3 Å². The fraction of sp³-hybridized carbons (Fsp3) is 0.647. The minimum atomic E-state index is 0.142. The number of aryl methyl sites for hydroxylation is 1. The lowest BCUT2D eigenvalue weighted by molar-refractivity contribution is -0.177. The van der Waals surface area contributed by atoms with Gasteiger partial charge in [0.2, 0.25) is 0 Å². The Labute approximate surface area is 132 Å². The molecule has 2 aliphatic rings. The molecule has 1 aromatic carbocycles. The summed E-state index contributed by atoms with van der Waals surface area (Å²) < 4.78 is 11.4. The standard InChI is InChI=1S/C17H24ClNO2/c1-10-8-13(14(20-4)9-12(10)18)19-15-11-6-5-7-21-16(11)17(15,2)3/h8-9,11,15-16,19H,5-7H2,1-4H3. The molecule has 116 valence electrons. The van der Waals surface area contributed by atoms with Crippen LogP contribution in [0.3, 0.4) is 0 Å². The van der Waals surface area contributed by atoms with E-state index in [0.29, 0.717) is 18.1 Å². The number of hydrogen-bond acceptors (Lipinski definition) is 3. The van der Waals surface area contributed by atoms with Crippen LogP contribution >= 0.6 is 11.6 Å². The van der Waals surface area contributed by atoms with E-state index in [0.717, 1.165) is 35.1 Å². The van der Waals surface area contributed by atoms with Crippen LogP contribution in [0.1, 0.15) is 32.3 Å². The van der Waals surface area contributed by atoms with Gasteiger partial charge in [-0.3, -0.25) is 0 Å². The number of anilines is 1. The molecular formula is C17H24ClNO2. The first kappa shape index (κ1) is 15.0. The van der Waals surface area contributed by atoms with Crippen molar-refractivity contribution >= 4 is 17.3 Å². The van der Waals surface area contributed by atoms with Crippen LogP contribution in [0.25, 0.3) is 0 Å². The second-order valence-electron chi connectivity index (χ2n) is 6.84. The third kappa shape index (κ3) is 2.40. The average molecular weight is 310 g/mol. The Morgan fingerprint density at radius 2 is 2.14 bits per heavy atom. The van der Waals surface area contributed by atoms with Gasteiger partial charge < -0.3 is 14.8 Å². The molecule has 0 radical (unpaired) electrons. The lowest BCUT2D eigenvalue weighted by Gasteiger charge is -2.60. The summed E-state index contributed by atoms with van der Waals surface area (Å²) in [6, 6.07) is 4.38. The van der Waals surface area contributed by atoms with Crippen LogP contribution in [0.2, 0.25) is 5.02 Å². The number of benzene rings is 1. The normalized spacial score (nSPS) is 30.2. The zero-order valence-electron chi connectivity index (χ0n) is 13.2. The van der Waals surface area contributed by atoms with Crippen molar-refractivity contribution in [2.45, 2.75) is 45.8 Å². The molecule has 1 aliphatic carbocycles. The molecule has 3 rings (SSSR count). The van der Waals surface area contributed by atoms with Gasteiger partial charge in [-0.05, 0) is 31.4 Å². The van der Waals surface area contributed by atoms with Gasteiger partial charge in [0.1, 0.15) is 5.75 Å². The Kier molecular flexibility index (Phi) is 3.83.